The molecule has 180 valence electrons. The van der Waals surface area contributed by atoms with Crippen molar-refractivity contribution in [3.8, 4) is 11.3 Å². The van der Waals surface area contributed by atoms with Gasteiger partial charge in [0.15, 0.2) is 0 Å². The highest BCUT2D eigenvalue weighted by molar-refractivity contribution is 6.31. The first-order valence-electron chi connectivity index (χ1n) is 11.5. The second-order valence-electron chi connectivity index (χ2n) is 8.95. The Kier molecular flexibility index (Phi) is 6.10. The molecule has 9 heteroatoms. The molecule has 2 aromatic heterocycles. The molecule has 0 bridgehead atoms. The monoisotopic (exact) mass is 473 g/mol. The molecule has 0 unspecified atom stereocenters. The highest BCUT2D eigenvalue weighted by Crippen LogP contribution is 2.31. The zero-order valence-corrected chi connectivity index (χ0v) is 19.5. The summed E-state index contributed by atoms with van der Waals surface area (Å²) in [5.41, 5.74) is 2.93. The number of carbonyl (C=O) groups is 2. The molecule has 2 aliphatic heterocycles. The number of hydrogen-bond donors (Lipinski definition) is 4. The van der Waals surface area contributed by atoms with E-state index in [9.17, 15) is 14.7 Å². The van der Waals surface area contributed by atoms with Crippen molar-refractivity contribution in [1.29, 1.82) is 0 Å². The number of furan rings is 1. The van der Waals surface area contributed by atoms with Gasteiger partial charge in [0.1, 0.15) is 23.9 Å². The van der Waals surface area contributed by atoms with Crippen LogP contribution in [0.2, 0.25) is 0 Å². The molecule has 0 radical (unpaired) electrons. The normalized spacial score (nSPS) is 21.1. The zero-order chi connectivity index (χ0) is 24.5. The summed E-state index contributed by atoms with van der Waals surface area (Å²) in [5.74, 6) is 0.604. The quantitative estimate of drug-likeness (QED) is 0.330. The number of rotatable bonds is 5. The first-order valence-corrected chi connectivity index (χ1v) is 11.5. The van der Waals surface area contributed by atoms with Crippen molar-refractivity contribution >= 4 is 28.9 Å². The Balaban J connectivity index is 1.40. The van der Waals surface area contributed by atoms with Gasteiger partial charge in [-0.1, -0.05) is 6.07 Å². The average molecular weight is 474 g/mol. The van der Waals surface area contributed by atoms with E-state index < -0.39 is 11.8 Å². The van der Waals surface area contributed by atoms with Crippen LogP contribution in [0.25, 0.3) is 16.9 Å². The van der Waals surface area contributed by atoms with Crippen molar-refractivity contribution in [2.45, 2.75) is 32.5 Å². The molecule has 1 saturated heterocycles. The number of hydrogen-bond acceptors (Lipinski definition) is 8. The molecule has 9 nitrogen and oxygen atoms in total. The number of pyridine rings is 1. The van der Waals surface area contributed by atoms with E-state index in [1.54, 1.807) is 36.5 Å². The van der Waals surface area contributed by atoms with E-state index in [1.165, 1.54) is 0 Å². The van der Waals surface area contributed by atoms with E-state index in [-0.39, 0.29) is 6.61 Å². The summed E-state index contributed by atoms with van der Waals surface area (Å²) in [6.07, 6.45) is 3.38. The van der Waals surface area contributed by atoms with Gasteiger partial charge in [-0.15, -0.1) is 0 Å². The van der Waals surface area contributed by atoms with Gasteiger partial charge < -0.3 is 25.1 Å². The van der Waals surface area contributed by atoms with Crippen LogP contribution in [0.4, 0.5) is 11.5 Å². The molecule has 0 spiro atoms. The van der Waals surface area contributed by atoms with E-state index in [2.05, 4.69) is 39.7 Å². The highest BCUT2D eigenvalue weighted by atomic mass is 16.4. The molecular formula is C26H27N5O4. The van der Waals surface area contributed by atoms with Crippen LogP contribution in [-0.4, -0.2) is 47.1 Å². The molecule has 3 aromatic rings. The molecule has 1 fully saturated rings. The minimum absolute atomic E-state index is 0.209. The standard InChI is InChI=1S/C26H27N5O4/c1-15-12-31(13-16(2)29-15)18-4-8-24(27-10-18)28-11-22-21-9-17(23-7-5-19(14-32)35-23)3-6-20(21)25(33)30-26(22)34/h3-11,15-16,29,32H,12-14H2,1-2H3,(H,27,28)(H,30,33,34)/b22-11-/t15-,16+. The van der Waals surface area contributed by atoms with Crippen LogP contribution < -0.4 is 20.9 Å². The summed E-state index contributed by atoms with van der Waals surface area (Å²) < 4.78 is 5.61. The molecule has 5 rings (SSSR count). The summed E-state index contributed by atoms with van der Waals surface area (Å²) in [7, 11) is 0. The Morgan fingerprint density at radius 2 is 1.89 bits per heavy atom. The maximum Gasteiger partial charge on any atom is 0.260 e. The second kappa shape index (κ2) is 9.36. The number of carbonyl (C=O) groups excluding carboxylic acids is 2. The summed E-state index contributed by atoms with van der Waals surface area (Å²) >= 11 is 0. The predicted octanol–water partition coefficient (Wildman–Crippen LogP) is 2.74. The number of imide groups is 1. The number of aromatic nitrogens is 1. The maximum atomic E-state index is 12.7. The fourth-order valence-electron chi connectivity index (χ4n) is 4.58. The van der Waals surface area contributed by atoms with Crippen LogP contribution >= 0.6 is 0 Å². The topological polar surface area (TPSA) is 120 Å². The highest BCUT2D eigenvalue weighted by Gasteiger charge is 2.28. The molecule has 0 saturated carbocycles. The Morgan fingerprint density at radius 1 is 1.09 bits per heavy atom. The van der Waals surface area contributed by atoms with Crippen molar-refractivity contribution in [3.05, 3.63) is 71.7 Å². The minimum Gasteiger partial charge on any atom is -0.459 e. The van der Waals surface area contributed by atoms with Gasteiger partial charge in [-0.2, -0.15) is 0 Å². The summed E-state index contributed by atoms with van der Waals surface area (Å²) in [4.78, 5) is 31.9. The molecule has 1 aromatic carbocycles. The van der Waals surface area contributed by atoms with Gasteiger partial charge in [0.2, 0.25) is 0 Å². The number of aliphatic hydroxyl groups is 1. The summed E-state index contributed by atoms with van der Waals surface area (Å²) in [5, 5.41) is 18.3. The fourth-order valence-corrected chi connectivity index (χ4v) is 4.58. The maximum absolute atomic E-state index is 12.7. The molecular weight excluding hydrogens is 446 g/mol. The number of amides is 2. The van der Waals surface area contributed by atoms with Crippen molar-refractivity contribution in [1.82, 2.24) is 15.6 Å². The van der Waals surface area contributed by atoms with Crippen LogP contribution in [0.3, 0.4) is 0 Å². The third-order valence-electron chi connectivity index (χ3n) is 6.16. The SMILES string of the molecule is C[C@@H]1CN(c2ccc(N/C=C3\C(=O)NC(=O)c4ccc(-c5ccc(CO)o5)cc43)nc2)C[C@H](C)N1. The van der Waals surface area contributed by atoms with Crippen molar-refractivity contribution in [2.24, 2.45) is 0 Å². The van der Waals surface area contributed by atoms with E-state index in [4.69, 9.17) is 4.42 Å². The summed E-state index contributed by atoms with van der Waals surface area (Å²) in [6, 6.07) is 13.2. The number of anilines is 2. The number of nitrogens with one attached hydrogen (secondary N) is 3. The van der Waals surface area contributed by atoms with Gasteiger partial charge >= 0.3 is 0 Å². The molecule has 2 amide bonds. The number of fused-ring (bicyclic) bond motifs is 1. The van der Waals surface area contributed by atoms with Gasteiger partial charge in [0.05, 0.1) is 17.5 Å². The van der Waals surface area contributed by atoms with Gasteiger partial charge in [0, 0.05) is 48.1 Å². The minimum atomic E-state index is -0.497. The summed E-state index contributed by atoms with van der Waals surface area (Å²) in [6.45, 7) is 5.94. The zero-order valence-electron chi connectivity index (χ0n) is 19.5. The number of piperazine rings is 1. The van der Waals surface area contributed by atoms with Gasteiger partial charge in [0.25, 0.3) is 11.8 Å². The molecule has 4 heterocycles. The van der Waals surface area contributed by atoms with E-state index in [0.29, 0.717) is 51.7 Å². The Morgan fingerprint density at radius 3 is 2.57 bits per heavy atom. The Bertz CT molecular complexity index is 1290. The predicted molar refractivity (Wildman–Crippen MR) is 133 cm³/mol. The molecule has 4 N–H and O–H groups in total. The number of nitrogens with zero attached hydrogens (tertiary/aromatic N) is 2. The van der Waals surface area contributed by atoms with Crippen LogP contribution in [0, 0.1) is 0 Å². The first kappa shape index (κ1) is 22.8. The largest absolute Gasteiger partial charge is 0.459 e. The van der Waals surface area contributed by atoms with Crippen LogP contribution in [-0.2, 0) is 11.4 Å². The third-order valence-corrected chi connectivity index (χ3v) is 6.16. The lowest BCUT2D eigenvalue weighted by molar-refractivity contribution is -0.114. The van der Waals surface area contributed by atoms with Gasteiger partial charge in [-0.25, -0.2) is 4.98 Å². The lowest BCUT2D eigenvalue weighted by atomic mass is 9.93. The van der Waals surface area contributed by atoms with Gasteiger partial charge in [-0.3, -0.25) is 14.9 Å². The molecule has 2 aliphatic rings. The van der Waals surface area contributed by atoms with Gasteiger partial charge in [-0.05, 0) is 50.2 Å². The molecule has 0 aliphatic carbocycles. The van der Waals surface area contributed by atoms with Crippen LogP contribution in [0.5, 0.6) is 0 Å². The van der Waals surface area contributed by atoms with E-state index in [1.807, 2.05) is 18.3 Å². The first-order chi connectivity index (χ1) is 16.9. The van der Waals surface area contributed by atoms with Crippen molar-refractivity contribution in [2.75, 3.05) is 23.3 Å². The lowest BCUT2D eigenvalue weighted by Crippen LogP contribution is -2.54. The number of aliphatic hydroxyl groups excluding tert-OH is 1. The Labute approximate surface area is 202 Å². The fraction of sp³-hybridized carbons (Fsp3) is 0.269. The van der Waals surface area contributed by atoms with E-state index >= 15 is 0 Å². The smallest absolute Gasteiger partial charge is 0.260 e. The van der Waals surface area contributed by atoms with Crippen LogP contribution in [0.1, 0.15) is 35.5 Å². The van der Waals surface area contributed by atoms with Crippen LogP contribution in [0.15, 0.2) is 59.3 Å². The average Bonchev–Trinajstić information content (AvgIpc) is 3.33. The third kappa shape index (κ3) is 4.68. The Hall–Kier alpha value is -3.95. The lowest BCUT2D eigenvalue weighted by Gasteiger charge is -2.37. The number of benzene rings is 1. The molecule has 35 heavy (non-hydrogen) atoms. The molecule has 2 atom stereocenters. The van der Waals surface area contributed by atoms with Crippen molar-refractivity contribution < 1.29 is 19.1 Å². The van der Waals surface area contributed by atoms with E-state index in [0.717, 1.165) is 18.8 Å². The van der Waals surface area contributed by atoms with Crippen molar-refractivity contribution in [3.63, 3.8) is 0 Å². The second-order valence-corrected chi connectivity index (χ2v) is 8.95.